The van der Waals surface area contributed by atoms with Crippen LogP contribution in [0.3, 0.4) is 0 Å². The molecule has 2 heterocycles. The largest absolute Gasteiger partial charge is 0.465 e. The van der Waals surface area contributed by atoms with Crippen molar-refractivity contribution in [3.05, 3.63) is 35.1 Å². The second kappa shape index (κ2) is 7.96. The Labute approximate surface area is 150 Å². The lowest BCUT2D eigenvalue weighted by atomic mass is 10.2. The number of thioether (sulfide) groups is 1. The number of nitrogens with zero attached hydrogens (tertiary/aromatic N) is 3. The smallest absolute Gasteiger partial charge is 0.324 e. The molecule has 0 aliphatic carbocycles. The standard InChI is InChI=1S/C16H20N4O2S2/c1-2-22-15(21)13-10-24-9-8-19(13)11-20-16(23)17-14(18-20)12-6-4-3-5-7-12/h3-7,13H,2,8-11H2,1H3,(H,17,18,23)/t13-/m1/s1. The average molecular weight is 364 g/mol. The van der Waals surface area contributed by atoms with Gasteiger partial charge in [-0.05, 0) is 19.1 Å². The average Bonchev–Trinajstić information content (AvgIpc) is 2.97. The number of rotatable bonds is 5. The third kappa shape index (κ3) is 3.88. The van der Waals surface area contributed by atoms with Crippen LogP contribution in [0, 0.1) is 4.77 Å². The van der Waals surface area contributed by atoms with Gasteiger partial charge in [0.05, 0.1) is 13.3 Å². The molecule has 1 aromatic heterocycles. The molecule has 1 N–H and O–H groups in total. The van der Waals surface area contributed by atoms with Gasteiger partial charge >= 0.3 is 5.97 Å². The summed E-state index contributed by atoms with van der Waals surface area (Å²) in [5.74, 6) is 2.30. The van der Waals surface area contributed by atoms with Gasteiger partial charge in [-0.15, -0.1) is 0 Å². The van der Waals surface area contributed by atoms with Crippen molar-refractivity contribution in [2.24, 2.45) is 0 Å². The van der Waals surface area contributed by atoms with E-state index in [0.717, 1.165) is 29.4 Å². The summed E-state index contributed by atoms with van der Waals surface area (Å²) in [6.07, 6.45) is 0. The van der Waals surface area contributed by atoms with Gasteiger partial charge in [0.15, 0.2) is 5.82 Å². The first-order chi connectivity index (χ1) is 11.7. The van der Waals surface area contributed by atoms with Crippen molar-refractivity contribution in [2.45, 2.75) is 19.6 Å². The number of aromatic amines is 1. The molecular formula is C16H20N4O2S2. The summed E-state index contributed by atoms with van der Waals surface area (Å²) < 4.78 is 7.49. The Kier molecular flexibility index (Phi) is 5.70. The maximum absolute atomic E-state index is 12.2. The summed E-state index contributed by atoms with van der Waals surface area (Å²) in [7, 11) is 0. The van der Waals surface area contributed by atoms with E-state index in [1.165, 1.54) is 0 Å². The van der Waals surface area contributed by atoms with Gasteiger partial charge in [0.1, 0.15) is 6.04 Å². The number of carbonyl (C=O) groups excluding carboxylic acids is 1. The molecular weight excluding hydrogens is 344 g/mol. The number of nitrogens with one attached hydrogen (secondary N) is 1. The van der Waals surface area contributed by atoms with Crippen molar-refractivity contribution < 1.29 is 9.53 Å². The SMILES string of the molecule is CCOC(=O)[C@H]1CSCCN1Cn1[nH]c(-c2ccccc2)nc1=S. The fraction of sp³-hybridized carbons (Fsp3) is 0.438. The minimum atomic E-state index is -0.242. The first-order valence-electron chi connectivity index (χ1n) is 7.89. The fourth-order valence-electron chi connectivity index (χ4n) is 2.62. The zero-order chi connectivity index (χ0) is 16.9. The van der Waals surface area contributed by atoms with E-state index in [2.05, 4.69) is 15.0 Å². The van der Waals surface area contributed by atoms with Gasteiger partial charge in [0, 0.05) is 23.6 Å². The van der Waals surface area contributed by atoms with Crippen molar-refractivity contribution in [3.8, 4) is 11.4 Å². The number of aromatic nitrogens is 3. The molecule has 0 unspecified atom stereocenters. The van der Waals surface area contributed by atoms with Crippen LogP contribution in [0.5, 0.6) is 0 Å². The van der Waals surface area contributed by atoms with E-state index in [-0.39, 0.29) is 12.0 Å². The third-order valence-corrected chi connectivity index (χ3v) is 5.18. The molecule has 8 heteroatoms. The number of H-pyrrole nitrogens is 1. The van der Waals surface area contributed by atoms with Gasteiger partial charge in [-0.3, -0.25) is 14.8 Å². The normalized spacial score (nSPS) is 18.5. The Morgan fingerprint density at radius 2 is 2.25 bits per heavy atom. The van der Waals surface area contributed by atoms with Crippen LogP contribution >= 0.6 is 24.0 Å². The highest BCUT2D eigenvalue weighted by Crippen LogP contribution is 2.19. The third-order valence-electron chi connectivity index (χ3n) is 3.85. The minimum Gasteiger partial charge on any atom is -0.465 e. The fourth-order valence-corrected chi connectivity index (χ4v) is 3.92. The van der Waals surface area contributed by atoms with Crippen LogP contribution in [0.25, 0.3) is 11.4 Å². The number of benzene rings is 1. The Morgan fingerprint density at radius 1 is 1.46 bits per heavy atom. The van der Waals surface area contributed by atoms with Gasteiger partial charge in [0.25, 0.3) is 0 Å². The van der Waals surface area contributed by atoms with Crippen LogP contribution in [-0.4, -0.2) is 56.3 Å². The molecule has 0 bridgehead atoms. The lowest BCUT2D eigenvalue weighted by Gasteiger charge is -2.33. The van der Waals surface area contributed by atoms with Crippen molar-refractivity contribution >= 4 is 29.9 Å². The maximum atomic E-state index is 12.2. The van der Waals surface area contributed by atoms with E-state index in [1.807, 2.05) is 37.3 Å². The Bertz CT molecular complexity index is 744. The molecule has 0 spiro atoms. The van der Waals surface area contributed by atoms with Gasteiger partial charge in [-0.2, -0.15) is 16.7 Å². The topological polar surface area (TPSA) is 63.1 Å². The summed E-state index contributed by atoms with van der Waals surface area (Å²) in [4.78, 5) is 18.7. The number of hydrogen-bond donors (Lipinski definition) is 1. The molecule has 128 valence electrons. The molecule has 1 aliphatic rings. The highest BCUT2D eigenvalue weighted by molar-refractivity contribution is 7.99. The molecule has 1 fully saturated rings. The first-order valence-corrected chi connectivity index (χ1v) is 9.46. The van der Waals surface area contributed by atoms with E-state index in [4.69, 9.17) is 17.0 Å². The molecule has 0 saturated carbocycles. The summed E-state index contributed by atoms with van der Waals surface area (Å²) >= 11 is 7.14. The van der Waals surface area contributed by atoms with Crippen LogP contribution in [0.15, 0.2) is 30.3 Å². The van der Waals surface area contributed by atoms with Crippen LogP contribution in [0.4, 0.5) is 0 Å². The molecule has 24 heavy (non-hydrogen) atoms. The molecule has 6 nitrogen and oxygen atoms in total. The quantitative estimate of drug-likeness (QED) is 0.650. The number of ether oxygens (including phenoxy) is 1. The lowest BCUT2D eigenvalue weighted by molar-refractivity contribution is -0.149. The van der Waals surface area contributed by atoms with Crippen molar-refractivity contribution in [3.63, 3.8) is 0 Å². The minimum absolute atomic E-state index is 0.168. The van der Waals surface area contributed by atoms with E-state index in [9.17, 15) is 4.79 Å². The van der Waals surface area contributed by atoms with Gasteiger partial charge < -0.3 is 4.74 Å². The molecule has 1 aromatic carbocycles. The van der Waals surface area contributed by atoms with E-state index in [1.54, 1.807) is 16.4 Å². The second-order valence-electron chi connectivity index (χ2n) is 5.45. The zero-order valence-corrected chi connectivity index (χ0v) is 15.1. The van der Waals surface area contributed by atoms with Crippen molar-refractivity contribution in [1.82, 2.24) is 19.7 Å². The van der Waals surface area contributed by atoms with E-state index >= 15 is 0 Å². The molecule has 1 atom stereocenters. The predicted molar refractivity (Wildman–Crippen MR) is 97.3 cm³/mol. The van der Waals surface area contributed by atoms with Gasteiger partial charge in [-0.25, -0.2) is 4.68 Å². The molecule has 0 amide bonds. The summed E-state index contributed by atoms with van der Waals surface area (Å²) in [6.45, 7) is 3.54. The molecule has 1 saturated heterocycles. The highest BCUT2D eigenvalue weighted by atomic mass is 32.2. The molecule has 3 rings (SSSR count). The lowest BCUT2D eigenvalue weighted by Crippen LogP contribution is -2.48. The Hall–Kier alpha value is -1.64. The monoisotopic (exact) mass is 364 g/mol. The van der Waals surface area contributed by atoms with E-state index < -0.39 is 0 Å². The second-order valence-corrected chi connectivity index (χ2v) is 6.96. The number of hydrogen-bond acceptors (Lipinski definition) is 6. The summed E-state index contributed by atoms with van der Waals surface area (Å²) in [5.41, 5.74) is 0.985. The van der Waals surface area contributed by atoms with Crippen molar-refractivity contribution in [1.29, 1.82) is 0 Å². The molecule has 0 radical (unpaired) electrons. The van der Waals surface area contributed by atoms with Crippen molar-refractivity contribution in [2.75, 3.05) is 24.7 Å². The first kappa shape index (κ1) is 17.2. The number of esters is 1. The van der Waals surface area contributed by atoms with Gasteiger partial charge in [0.2, 0.25) is 4.77 Å². The highest BCUT2D eigenvalue weighted by Gasteiger charge is 2.30. The van der Waals surface area contributed by atoms with Crippen LogP contribution in [0.2, 0.25) is 0 Å². The van der Waals surface area contributed by atoms with Crippen LogP contribution in [0.1, 0.15) is 6.92 Å². The van der Waals surface area contributed by atoms with E-state index in [0.29, 0.717) is 18.0 Å². The predicted octanol–water partition coefficient (Wildman–Crippen LogP) is 2.55. The zero-order valence-electron chi connectivity index (χ0n) is 13.5. The van der Waals surface area contributed by atoms with Crippen LogP contribution in [-0.2, 0) is 16.2 Å². The molecule has 2 aromatic rings. The van der Waals surface area contributed by atoms with Gasteiger partial charge in [-0.1, -0.05) is 30.3 Å². The maximum Gasteiger partial charge on any atom is 0.324 e. The Morgan fingerprint density at radius 3 is 3.00 bits per heavy atom. The molecule has 1 aliphatic heterocycles. The summed E-state index contributed by atoms with van der Waals surface area (Å²) in [6, 6.07) is 9.61. The Balaban J connectivity index is 1.78. The number of carbonyl (C=O) groups is 1. The van der Waals surface area contributed by atoms with Crippen LogP contribution < -0.4 is 0 Å². The summed E-state index contributed by atoms with van der Waals surface area (Å²) in [5, 5.41) is 3.24.